The average Bonchev–Trinajstić information content (AvgIpc) is 2.82. The van der Waals surface area contributed by atoms with E-state index in [0.717, 1.165) is 49.8 Å². The van der Waals surface area contributed by atoms with Crippen molar-refractivity contribution in [2.24, 2.45) is 0 Å². The van der Waals surface area contributed by atoms with Crippen molar-refractivity contribution in [1.29, 1.82) is 0 Å². The van der Waals surface area contributed by atoms with E-state index >= 15 is 0 Å². The number of rotatable bonds is 5. The fraction of sp³-hybridized carbons (Fsp3) is 0.467. The predicted octanol–water partition coefficient (Wildman–Crippen LogP) is 0.0250. The average molecular weight is 320 g/mol. The molecular weight excluding hydrogens is 300 g/mol. The number of piperazine rings is 1. The molecule has 1 aliphatic rings. The molecule has 3 rings (SSSR count). The summed E-state index contributed by atoms with van der Waals surface area (Å²) in [6.45, 7) is 5.70. The van der Waals surface area contributed by atoms with E-state index in [1.807, 2.05) is 30.3 Å². The molecule has 118 valence electrons. The second-order valence-corrected chi connectivity index (χ2v) is 6.38. The van der Waals surface area contributed by atoms with Crippen molar-refractivity contribution in [3.8, 4) is 0 Å². The lowest BCUT2D eigenvalue weighted by atomic mass is 10.2. The minimum Gasteiger partial charge on any atom is -0.314 e. The molecule has 1 fully saturated rings. The van der Waals surface area contributed by atoms with Crippen molar-refractivity contribution in [2.45, 2.75) is 13.1 Å². The number of hydrogen-bond acceptors (Lipinski definition) is 5. The summed E-state index contributed by atoms with van der Waals surface area (Å²) < 4.78 is 2.89. The summed E-state index contributed by atoms with van der Waals surface area (Å²) in [6.07, 6.45) is 0. The lowest BCUT2D eigenvalue weighted by Crippen LogP contribution is -2.45. The molecule has 0 unspecified atom stereocenters. The molecule has 0 atom stereocenters. The second kappa shape index (κ2) is 7.04. The largest absolute Gasteiger partial charge is 0.341 e. The lowest BCUT2D eigenvalue weighted by Gasteiger charge is -2.26. The molecule has 2 heterocycles. The van der Waals surface area contributed by atoms with Crippen LogP contribution in [0.5, 0.6) is 0 Å². The highest BCUT2D eigenvalue weighted by Gasteiger charge is 2.13. The number of benzene rings is 1. The van der Waals surface area contributed by atoms with E-state index in [0.29, 0.717) is 13.1 Å². The second-order valence-electron chi connectivity index (χ2n) is 5.41. The highest BCUT2D eigenvalue weighted by Crippen LogP contribution is 2.00. The standard InChI is InChI=1S/C15H20N4O2S/c20-14-18(12-13-4-2-1-3-5-13)15(21)22-19(14)11-10-17-8-6-16-7-9-17/h1-5,16H,6-12H2. The summed E-state index contributed by atoms with van der Waals surface area (Å²) >= 11 is 1.02. The van der Waals surface area contributed by atoms with Gasteiger partial charge in [-0.1, -0.05) is 30.3 Å². The van der Waals surface area contributed by atoms with Crippen LogP contribution in [-0.4, -0.2) is 46.1 Å². The van der Waals surface area contributed by atoms with Crippen molar-refractivity contribution in [1.82, 2.24) is 18.7 Å². The Hall–Kier alpha value is -1.70. The monoisotopic (exact) mass is 320 g/mol. The van der Waals surface area contributed by atoms with Crippen LogP contribution >= 0.6 is 11.5 Å². The smallest absolute Gasteiger partial charge is 0.314 e. The number of aromatic nitrogens is 2. The van der Waals surface area contributed by atoms with Gasteiger partial charge in [0.1, 0.15) is 0 Å². The molecule has 2 aromatic rings. The van der Waals surface area contributed by atoms with E-state index in [-0.39, 0.29) is 10.6 Å². The Labute approximate surface area is 132 Å². The first kappa shape index (κ1) is 15.2. The highest BCUT2D eigenvalue weighted by molar-refractivity contribution is 7.03. The van der Waals surface area contributed by atoms with Gasteiger partial charge in [0.15, 0.2) is 0 Å². The third-order valence-electron chi connectivity index (χ3n) is 3.87. The Kier molecular flexibility index (Phi) is 4.87. The number of hydrogen-bond donors (Lipinski definition) is 1. The highest BCUT2D eigenvalue weighted by atomic mass is 32.1. The summed E-state index contributed by atoms with van der Waals surface area (Å²) in [5, 5.41) is 3.30. The Balaban J connectivity index is 1.70. The van der Waals surface area contributed by atoms with Gasteiger partial charge in [-0.05, 0) is 5.56 Å². The van der Waals surface area contributed by atoms with Crippen LogP contribution in [0, 0.1) is 0 Å². The first-order valence-electron chi connectivity index (χ1n) is 7.52. The quantitative estimate of drug-likeness (QED) is 0.844. The van der Waals surface area contributed by atoms with E-state index in [9.17, 15) is 9.59 Å². The number of nitrogens with one attached hydrogen (secondary N) is 1. The lowest BCUT2D eigenvalue weighted by molar-refractivity contribution is 0.233. The molecule has 6 nitrogen and oxygen atoms in total. The first-order chi connectivity index (χ1) is 10.7. The normalized spacial score (nSPS) is 16.0. The van der Waals surface area contributed by atoms with Gasteiger partial charge in [0.25, 0.3) is 0 Å². The Bertz CT molecular complexity index is 713. The van der Waals surface area contributed by atoms with Gasteiger partial charge in [-0.25, -0.2) is 13.3 Å². The third-order valence-corrected chi connectivity index (χ3v) is 4.80. The molecule has 22 heavy (non-hydrogen) atoms. The van der Waals surface area contributed by atoms with E-state index in [1.54, 1.807) is 3.96 Å². The van der Waals surface area contributed by atoms with Gasteiger partial charge in [0.2, 0.25) is 0 Å². The van der Waals surface area contributed by atoms with Crippen molar-refractivity contribution < 1.29 is 0 Å². The Morgan fingerprint density at radius 1 is 1.05 bits per heavy atom. The minimum atomic E-state index is -0.200. The molecular formula is C15H20N4O2S. The maximum Gasteiger partial charge on any atom is 0.341 e. The van der Waals surface area contributed by atoms with Crippen LogP contribution in [0.15, 0.2) is 39.9 Å². The van der Waals surface area contributed by atoms with E-state index in [4.69, 9.17) is 0 Å². The van der Waals surface area contributed by atoms with Crippen LogP contribution in [0.25, 0.3) is 0 Å². The molecule has 0 saturated carbocycles. The van der Waals surface area contributed by atoms with Gasteiger partial charge in [-0.15, -0.1) is 0 Å². The Morgan fingerprint density at radius 3 is 2.50 bits per heavy atom. The molecule has 1 aromatic heterocycles. The molecule has 7 heteroatoms. The van der Waals surface area contributed by atoms with Gasteiger partial charge in [0, 0.05) is 44.3 Å². The summed E-state index contributed by atoms with van der Waals surface area (Å²) in [7, 11) is 0. The van der Waals surface area contributed by atoms with Gasteiger partial charge >= 0.3 is 10.6 Å². The molecule has 1 aliphatic heterocycles. The molecule has 1 aromatic carbocycles. The van der Waals surface area contributed by atoms with Crippen LogP contribution in [-0.2, 0) is 13.1 Å². The summed E-state index contributed by atoms with van der Waals surface area (Å²) in [5.74, 6) is 0. The molecule has 0 bridgehead atoms. The van der Waals surface area contributed by atoms with Crippen LogP contribution in [0.3, 0.4) is 0 Å². The van der Waals surface area contributed by atoms with Crippen molar-refractivity contribution in [2.75, 3.05) is 32.7 Å². The van der Waals surface area contributed by atoms with E-state index in [2.05, 4.69) is 10.2 Å². The molecule has 1 saturated heterocycles. The number of nitrogens with zero attached hydrogens (tertiary/aromatic N) is 3. The van der Waals surface area contributed by atoms with Crippen molar-refractivity contribution in [3.63, 3.8) is 0 Å². The van der Waals surface area contributed by atoms with E-state index in [1.165, 1.54) is 4.57 Å². The first-order valence-corrected chi connectivity index (χ1v) is 8.29. The summed E-state index contributed by atoms with van der Waals surface area (Å²) in [5.41, 5.74) is 0.766. The van der Waals surface area contributed by atoms with Crippen LogP contribution in [0.1, 0.15) is 5.56 Å². The zero-order valence-electron chi connectivity index (χ0n) is 12.4. The van der Waals surface area contributed by atoms with Crippen LogP contribution < -0.4 is 15.9 Å². The van der Waals surface area contributed by atoms with Crippen LogP contribution in [0.4, 0.5) is 0 Å². The van der Waals surface area contributed by atoms with E-state index < -0.39 is 0 Å². The molecule has 1 N–H and O–H groups in total. The zero-order chi connectivity index (χ0) is 15.4. The van der Waals surface area contributed by atoms with Gasteiger partial charge < -0.3 is 5.32 Å². The summed E-state index contributed by atoms with van der Waals surface area (Å²) in [6, 6.07) is 9.60. The van der Waals surface area contributed by atoms with Crippen LogP contribution in [0.2, 0.25) is 0 Å². The third kappa shape index (κ3) is 3.55. The maximum absolute atomic E-state index is 12.4. The zero-order valence-corrected chi connectivity index (χ0v) is 13.2. The van der Waals surface area contributed by atoms with Gasteiger partial charge in [-0.2, -0.15) is 0 Å². The van der Waals surface area contributed by atoms with Gasteiger partial charge in [-0.3, -0.25) is 9.69 Å². The maximum atomic E-state index is 12.4. The molecule has 0 spiro atoms. The fourth-order valence-corrected chi connectivity index (χ4v) is 3.38. The molecule has 0 aliphatic carbocycles. The van der Waals surface area contributed by atoms with Crippen molar-refractivity contribution >= 4 is 11.5 Å². The summed E-state index contributed by atoms with van der Waals surface area (Å²) in [4.78, 5) is 26.6. The minimum absolute atomic E-state index is 0.186. The fourth-order valence-electron chi connectivity index (χ4n) is 2.60. The van der Waals surface area contributed by atoms with Crippen molar-refractivity contribution in [3.05, 3.63) is 56.0 Å². The predicted molar refractivity (Wildman–Crippen MR) is 87.7 cm³/mol. The Morgan fingerprint density at radius 2 is 1.77 bits per heavy atom. The SMILES string of the molecule is O=c1sn(CCN2CCNCC2)c(=O)n1Cc1ccccc1. The topological polar surface area (TPSA) is 59.3 Å². The molecule has 0 amide bonds. The molecule has 0 radical (unpaired) electrons. The van der Waals surface area contributed by atoms with Gasteiger partial charge in [0.05, 0.1) is 13.1 Å².